The lowest BCUT2D eigenvalue weighted by atomic mass is 10.2. The molecule has 1 aromatic rings. The van der Waals surface area contributed by atoms with Crippen LogP contribution < -0.4 is 5.32 Å². The Balaban J connectivity index is 2.48. The van der Waals surface area contributed by atoms with Crippen LogP contribution in [0.15, 0.2) is 23.4 Å². The number of carbonyl (C=O) groups is 1. The normalized spacial score (nSPS) is 10.9. The molecule has 0 bridgehead atoms. The summed E-state index contributed by atoms with van der Waals surface area (Å²) in [5, 5.41) is 13.5. The van der Waals surface area contributed by atoms with Crippen molar-refractivity contribution in [3.63, 3.8) is 0 Å². The van der Waals surface area contributed by atoms with E-state index in [0.29, 0.717) is 5.03 Å². The Morgan fingerprint density at radius 3 is 2.75 bits per heavy atom. The Bertz CT molecular complexity index is 479. The van der Waals surface area contributed by atoms with E-state index in [1.165, 1.54) is 40.9 Å². The Kier molecular flexibility index (Phi) is 6.08. The minimum absolute atomic E-state index is 0.0402. The summed E-state index contributed by atoms with van der Waals surface area (Å²) in [6.07, 6.45) is 0.744. The Morgan fingerprint density at radius 1 is 1.55 bits per heavy atom. The van der Waals surface area contributed by atoms with Gasteiger partial charge in [-0.25, -0.2) is 9.78 Å². The van der Waals surface area contributed by atoms with Crippen molar-refractivity contribution in [1.82, 2.24) is 10.3 Å². The van der Waals surface area contributed by atoms with E-state index >= 15 is 0 Å². The summed E-state index contributed by atoms with van der Waals surface area (Å²) in [6, 6.07) is 3.00. The van der Waals surface area contributed by atoms with E-state index in [0.717, 1.165) is 0 Å². The van der Waals surface area contributed by atoms with Crippen LogP contribution in [-0.2, 0) is 4.74 Å². The number of hydrogen-bond acceptors (Lipinski definition) is 7. The molecule has 0 aliphatic rings. The monoisotopic (exact) mass is 317 g/mol. The van der Waals surface area contributed by atoms with Gasteiger partial charge < -0.3 is 10.1 Å². The number of nitro groups is 1. The fourth-order valence-electron chi connectivity index (χ4n) is 1.02. The maximum atomic E-state index is 11.0. The average molecular weight is 317 g/mol. The van der Waals surface area contributed by atoms with E-state index in [1.54, 1.807) is 6.07 Å². The van der Waals surface area contributed by atoms with Crippen LogP contribution in [0.2, 0.25) is 0 Å². The van der Waals surface area contributed by atoms with Crippen LogP contribution in [0.5, 0.6) is 0 Å². The van der Waals surface area contributed by atoms with Crippen molar-refractivity contribution in [3.05, 3.63) is 28.4 Å². The molecule has 0 saturated carbocycles. The topological polar surface area (TPSA) is 94.4 Å². The van der Waals surface area contributed by atoms with Gasteiger partial charge in [0.2, 0.25) is 0 Å². The molecule has 0 unspecified atom stereocenters. The lowest BCUT2D eigenvalue weighted by Crippen LogP contribution is -2.28. The molecule has 0 atom stereocenters. The van der Waals surface area contributed by atoms with E-state index in [2.05, 4.69) is 10.3 Å². The van der Waals surface area contributed by atoms with Gasteiger partial charge in [-0.15, -0.1) is 0 Å². The van der Waals surface area contributed by atoms with Crippen molar-refractivity contribution in [3.8, 4) is 0 Å². The molecule has 0 aromatic carbocycles. The molecule has 110 valence electrons. The molecule has 20 heavy (non-hydrogen) atoms. The fraction of sp³-hybridized carbons (Fsp3) is 0.455. The summed E-state index contributed by atoms with van der Waals surface area (Å²) >= 11 is 0. The van der Waals surface area contributed by atoms with Gasteiger partial charge in [-0.1, -0.05) is 10.8 Å². The van der Waals surface area contributed by atoms with Gasteiger partial charge in [-0.3, -0.25) is 10.1 Å². The molecule has 0 saturated heterocycles. The molecular weight excluding hydrogens is 302 g/mol. The maximum Gasteiger partial charge on any atom is 0.406 e. The lowest BCUT2D eigenvalue weighted by Gasteiger charge is -2.22. The van der Waals surface area contributed by atoms with Gasteiger partial charge in [0, 0.05) is 13.1 Å². The van der Waals surface area contributed by atoms with Gasteiger partial charge >= 0.3 is 6.09 Å². The molecule has 0 aliphatic carbocycles. The summed E-state index contributed by atoms with van der Waals surface area (Å²) in [4.78, 5) is 25.0. The first kappa shape index (κ1) is 16.6. The second-order valence-electron chi connectivity index (χ2n) is 4.36. The van der Waals surface area contributed by atoms with E-state index in [9.17, 15) is 14.9 Å². The van der Waals surface area contributed by atoms with Gasteiger partial charge in [-0.2, -0.15) is 0 Å². The highest BCUT2D eigenvalue weighted by atomic mass is 33.1. The molecule has 0 radical (unpaired) electrons. The van der Waals surface area contributed by atoms with Crippen LogP contribution in [-0.4, -0.2) is 34.4 Å². The van der Waals surface area contributed by atoms with E-state index in [1.807, 2.05) is 13.8 Å². The van der Waals surface area contributed by atoms with E-state index in [4.69, 9.17) is 4.74 Å². The second kappa shape index (κ2) is 7.34. The fourth-order valence-corrected chi connectivity index (χ4v) is 3.03. The highest BCUT2D eigenvalue weighted by Crippen LogP contribution is 2.40. The van der Waals surface area contributed by atoms with Crippen LogP contribution >= 0.6 is 21.6 Å². The number of carbonyl (C=O) groups excluding carboxylic acids is 1. The van der Waals surface area contributed by atoms with Crippen LogP contribution in [0.4, 0.5) is 10.5 Å². The smallest absolute Gasteiger partial charge is 0.406 e. The molecule has 1 heterocycles. The number of pyridine rings is 1. The largest absolute Gasteiger partial charge is 0.448 e. The molecule has 0 fully saturated rings. The minimum Gasteiger partial charge on any atom is -0.448 e. The second-order valence-corrected chi connectivity index (χ2v) is 7.22. The first-order valence-electron chi connectivity index (χ1n) is 5.65. The summed E-state index contributed by atoms with van der Waals surface area (Å²) < 4.78 is 4.70. The van der Waals surface area contributed by atoms with Gasteiger partial charge in [-0.05, 0) is 30.7 Å². The zero-order valence-electron chi connectivity index (χ0n) is 11.3. The summed E-state index contributed by atoms with van der Waals surface area (Å²) in [5.41, 5.74) is -0.0402. The maximum absolute atomic E-state index is 11.0. The van der Waals surface area contributed by atoms with Crippen molar-refractivity contribution >= 4 is 33.4 Å². The number of hydrogen-bond donors (Lipinski definition) is 1. The average Bonchev–Trinajstić information content (AvgIpc) is 2.43. The van der Waals surface area contributed by atoms with Gasteiger partial charge in [0.1, 0.15) is 17.8 Å². The number of nitrogens with zero attached hydrogens (tertiary/aromatic N) is 2. The zero-order chi connectivity index (χ0) is 15.2. The first-order chi connectivity index (χ1) is 9.34. The van der Waals surface area contributed by atoms with Crippen LogP contribution in [0.1, 0.15) is 13.8 Å². The lowest BCUT2D eigenvalue weighted by molar-refractivity contribution is -0.385. The number of rotatable bonds is 6. The molecule has 0 aliphatic heterocycles. The number of amides is 1. The molecular formula is C11H15N3O4S2. The Labute approximate surface area is 124 Å². The predicted octanol–water partition coefficient (Wildman–Crippen LogP) is 2.86. The summed E-state index contributed by atoms with van der Waals surface area (Å²) in [6.45, 7) is 4.11. The minimum atomic E-state index is -0.490. The molecule has 9 heteroatoms. The number of nitrogens with one attached hydrogen (secondary N) is 1. The third-order valence-electron chi connectivity index (χ3n) is 2.04. The highest BCUT2D eigenvalue weighted by molar-refractivity contribution is 8.77. The highest BCUT2D eigenvalue weighted by Gasteiger charge is 2.22. The van der Waals surface area contributed by atoms with Crippen LogP contribution in [0, 0.1) is 10.1 Å². The summed E-state index contributed by atoms with van der Waals surface area (Å²) in [5.74, 6) is 0. The van der Waals surface area contributed by atoms with Gasteiger partial charge in [0.05, 0.1) is 9.67 Å². The molecule has 1 amide bonds. The predicted molar refractivity (Wildman–Crippen MR) is 78.8 cm³/mol. The van der Waals surface area contributed by atoms with Crippen molar-refractivity contribution in [1.29, 1.82) is 0 Å². The quantitative estimate of drug-likeness (QED) is 0.489. The molecule has 1 aromatic heterocycles. The van der Waals surface area contributed by atoms with Crippen molar-refractivity contribution in [2.45, 2.75) is 23.6 Å². The van der Waals surface area contributed by atoms with Crippen molar-refractivity contribution in [2.75, 3.05) is 13.7 Å². The number of aromatic nitrogens is 1. The molecule has 1 N–H and O–H groups in total. The van der Waals surface area contributed by atoms with Crippen molar-refractivity contribution in [2.24, 2.45) is 0 Å². The molecule has 1 rings (SSSR count). The number of alkyl carbamates (subject to hydrolysis) is 1. The van der Waals surface area contributed by atoms with E-state index < -0.39 is 11.0 Å². The third kappa shape index (κ3) is 5.66. The van der Waals surface area contributed by atoms with Gasteiger partial charge in [0.25, 0.3) is 5.69 Å². The first-order valence-corrected chi connectivity index (χ1v) is 7.80. The Hall–Kier alpha value is -1.48. The van der Waals surface area contributed by atoms with Crippen molar-refractivity contribution < 1.29 is 14.5 Å². The summed E-state index contributed by atoms with van der Waals surface area (Å²) in [7, 11) is 4.35. The SMILES string of the molecule is CNC(=O)OCC(C)(C)SSc1ccc([N+](=O)[O-])cn1. The molecule has 0 spiro atoms. The third-order valence-corrected chi connectivity index (χ3v) is 5.22. The van der Waals surface area contributed by atoms with E-state index in [-0.39, 0.29) is 17.0 Å². The zero-order valence-corrected chi connectivity index (χ0v) is 12.9. The standard InChI is InChI=1S/C11H15N3O4S2/c1-11(2,7-18-10(15)12-3)20-19-9-5-4-8(6-13-9)14(16)17/h4-6H,7H2,1-3H3,(H,12,15). The van der Waals surface area contributed by atoms with Crippen LogP contribution in [0.3, 0.4) is 0 Å². The number of ether oxygens (including phenoxy) is 1. The Morgan fingerprint density at radius 2 is 2.25 bits per heavy atom. The van der Waals surface area contributed by atoms with Gasteiger partial charge in [0.15, 0.2) is 0 Å². The van der Waals surface area contributed by atoms with Crippen LogP contribution in [0.25, 0.3) is 0 Å². The molecule has 7 nitrogen and oxygen atoms in total.